The van der Waals surface area contributed by atoms with Crippen molar-refractivity contribution in [2.24, 2.45) is 17.8 Å². The number of amides is 1. The first kappa shape index (κ1) is 29.9. The molecule has 3 atom stereocenters. The second kappa shape index (κ2) is 12.6. The second-order valence-corrected chi connectivity index (χ2v) is 10.8. The highest BCUT2D eigenvalue weighted by Gasteiger charge is 2.37. The fraction of sp³-hybridized carbons (Fsp3) is 0.452. The van der Waals surface area contributed by atoms with Crippen molar-refractivity contribution in [1.82, 2.24) is 10.2 Å². The van der Waals surface area contributed by atoms with Gasteiger partial charge in [-0.3, -0.25) is 4.79 Å². The number of nitrogens with one attached hydrogen (secondary N) is 1. The lowest BCUT2D eigenvalue weighted by Crippen LogP contribution is -2.41. The molecule has 3 nitrogen and oxygen atoms in total. The maximum Gasteiger partial charge on any atom is 0.416 e. The zero-order valence-corrected chi connectivity index (χ0v) is 22.4. The third-order valence-corrected chi connectivity index (χ3v) is 7.84. The molecule has 0 spiro atoms. The number of alkyl halides is 6. The number of nitrogens with zero attached hydrogens (tertiary/aromatic N) is 1. The van der Waals surface area contributed by atoms with E-state index in [0.29, 0.717) is 36.9 Å². The molecule has 0 bridgehead atoms. The average Bonchev–Trinajstić information content (AvgIpc) is 2.87. The highest BCUT2D eigenvalue weighted by Crippen LogP contribution is 2.36. The number of halogens is 6. The molecule has 1 heterocycles. The molecule has 1 aliphatic heterocycles. The van der Waals surface area contributed by atoms with Crippen molar-refractivity contribution in [2.45, 2.75) is 51.5 Å². The van der Waals surface area contributed by atoms with Crippen molar-refractivity contribution in [3.05, 3.63) is 88.5 Å². The van der Waals surface area contributed by atoms with Crippen LogP contribution >= 0.6 is 0 Å². The zero-order chi connectivity index (χ0) is 28.9. The zero-order valence-electron chi connectivity index (χ0n) is 22.4. The first-order valence-corrected chi connectivity index (χ1v) is 13.6. The standard InChI is InChI=1S/C31H34F6N2O/c1-21-20-39(14-12-24(21)11-10-22-6-3-2-4-7-22)15-13-28(25-8-5-9-25)29(40)38-19-23-16-26(30(32,33)34)18-27(17-23)31(35,36)37/h2-4,6-8,10-11,16-18,21,24,28H,5,9,12-15,19-20H2,1H3,(H,38,40)/b11-10-/t21-,24+,28?/m0/s1. The van der Waals surface area contributed by atoms with Gasteiger partial charge in [0.1, 0.15) is 0 Å². The molecule has 2 aromatic carbocycles. The molecule has 1 fully saturated rings. The Morgan fingerprint density at radius 2 is 1.70 bits per heavy atom. The van der Waals surface area contributed by atoms with E-state index >= 15 is 0 Å². The number of hydrogen-bond donors (Lipinski definition) is 1. The summed E-state index contributed by atoms with van der Waals surface area (Å²) >= 11 is 0. The maximum absolute atomic E-state index is 13.2. The van der Waals surface area contributed by atoms with Crippen LogP contribution < -0.4 is 5.32 Å². The first-order chi connectivity index (χ1) is 18.9. The van der Waals surface area contributed by atoms with Gasteiger partial charge in [0.05, 0.1) is 17.0 Å². The molecule has 1 saturated heterocycles. The van der Waals surface area contributed by atoms with E-state index in [9.17, 15) is 31.1 Å². The van der Waals surface area contributed by atoms with Gasteiger partial charge in [-0.05, 0) is 79.9 Å². The number of benzene rings is 2. The van der Waals surface area contributed by atoms with E-state index in [-0.39, 0.29) is 17.5 Å². The van der Waals surface area contributed by atoms with Gasteiger partial charge in [0, 0.05) is 13.1 Å². The van der Waals surface area contributed by atoms with Crippen LogP contribution in [0.5, 0.6) is 0 Å². The molecule has 1 amide bonds. The molecule has 2 aromatic rings. The molecule has 216 valence electrons. The highest BCUT2D eigenvalue weighted by molar-refractivity contribution is 5.81. The minimum atomic E-state index is -4.93. The molecule has 0 aromatic heterocycles. The molecule has 2 aliphatic rings. The van der Waals surface area contributed by atoms with E-state index in [1.807, 2.05) is 24.3 Å². The Morgan fingerprint density at radius 1 is 1.05 bits per heavy atom. The van der Waals surface area contributed by atoms with Gasteiger partial charge in [0.15, 0.2) is 0 Å². The van der Waals surface area contributed by atoms with Crippen LogP contribution in [-0.4, -0.2) is 30.4 Å². The number of carbonyl (C=O) groups excluding carboxylic acids is 1. The van der Waals surface area contributed by atoms with E-state index in [0.717, 1.165) is 37.9 Å². The van der Waals surface area contributed by atoms with Crippen LogP contribution in [0.15, 0.2) is 66.3 Å². The Kier molecular flexibility index (Phi) is 9.44. The minimum absolute atomic E-state index is 0.0922. The summed E-state index contributed by atoms with van der Waals surface area (Å²) in [5.41, 5.74) is -0.871. The number of allylic oxidation sites excluding steroid dienone is 2. The molecule has 40 heavy (non-hydrogen) atoms. The van der Waals surface area contributed by atoms with Crippen LogP contribution in [0.4, 0.5) is 26.3 Å². The van der Waals surface area contributed by atoms with E-state index in [1.54, 1.807) is 0 Å². The summed E-state index contributed by atoms with van der Waals surface area (Å²) in [7, 11) is 0. The van der Waals surface area contributed by atoms with Gasteiger partial charge in [0.2, 0.25) is 5.91 Å². The Balaban J connectivity index is 1.34. The van der Waals surface area contributed by atoms with Crippen LogP contribution in [0.25, 0.3) is 6.08 Å². The van der Waals surface area contributed by atoms with Crippen LogP contribution in [0.3, 0.4) is 0 Å². The highest BCUT2D eigenvalue weighted by atomic mass is 19.4. The van der Waals surface area contributed by atoms with Crippen molar-refractivity contribution in [1.29, 1.82) is 0 Å². The quantitative estimate of drug-likeness (QED) is 0.250. The summed E-state index contributed by atoms with van der Waals surface area (Å²) in [4.78, 5) is 15.4. The Bertz CT molecular complexity index is 1190. The van der Waals surface area contributed by atoms with Crippen LogP contribution in [0.1, 0.15) is 54.9 Å². The van der Waals surface area contributed by atoms with E-state index in [1.165, 1.54) is 5.56 Å². The van der Waals surface area contributed by atoms with Gasteiger partial charge in [-0.1, -0.05) is 61.1 Å². The lowest BCUT2D eigenvalue weighted by molar-refractivity contribution is -0.143. The molecule has 4 rings (SSSR count). The maximum atomic E-state index is 13.2. The Labute approximate surface area is 230 Å². The van der Waals surface area contributed by atoms with Gasteiger partial charge in [0.25, 0.3) is 0 Å². The third-order valence-electron chi connectivity index (χ3n) is 7.84. The van der Waals surface area contributed by atoms with Gasteiger partial charge in [-0.15, -0.1) is 0 Å². The van der Waals surface area contributed by atoms with Crippen molar-refractivity contribution in [3.63, 3.8) is 0 Å². The van der Waals surface area contributed by atoms with Gasteiger partial charge >= 0.3 is 12.4 Å². The van der Waals surface area contributed by atoms with Crippen LogP contribution in [0, 0.1) is 17.8 Å². The molecule has 1 unspecified atom stereocenters. The number of hydrogen-bond acceptors (Lipinski definition) is 2. The Morgan fingerprint density at radius 3 is 2.25 bits per heavy atom. The summed E-state index contributed by atoms with van der Waals surface area (Å²) in [5.74, 6) is 0.0740. The van der Waals surface area contributed by atoms with Crippen molar-refractivity contribution in [3.8, 4) is 0 Å². The normalized spacial score (nSPS) is 21.1. The smallest absolute Gasteiger partial charge is 0.352 e. The molecule has 1 N–H and O–H groups in total. The summed E-state index contributed by atoms with van der Waals surface area (Å²) in [6.07, 6.45) is -0.276. The molecule has 0 radical (unpaired) electrons. The predicted molar refractivity (Wildman–Crippen MR) is 143 cm³/mol. The summed E-state index contributed by atoms with van der Waals surface area (Å²) in [5, 5.41) is 2.60. The van der Waals surface area contributed by atoms with Crippen molar-refractivity contribution in [2.75, 3.05) is 19.6 Å². The van der Waals surface area contributed by atoms with Crippen LogP contribution in [-0.2, 0) is 23.7 Å². The fourth-order valence-corrected chi connectivity index (χ4v) is 5.40. The van der Waals surface area contributed by atoms with E-state index in [2.05, 4.69) is 41.4 Å². The monoisotopic (exact) mass is 564 g/mol. The summed E-state index contributed by atoms with van der Waals surface area (Å²) < 4.78 is 79.2. The van der Waals surface area contributed by atoms with Crippen LogP contribution in [0.2, 0.25) is 0 Å². The van der Waals surface area contributed by atoms with E-state index in [4.69, 9.17) is 0 Å². The molecule has 0 saturated carbocycles. The SMILES string of the molecule is C[C@H]1CN(CCC(C(=O)NCc2cc(C(F)(F)F)cc(C(F)(F)F)c2)C2=CCC2)CC[C@H]1/C=C\c1ccccc1. The third kappa shape index (κ3) is 7.99. The summed E-state index contributed by atoms with van der Waals surface area (Å²) in [6.45, 7) is 4.28. The van der Waals surface area contributed by atoms with E-state index < -0.39 is 35.9 Å². The second-order valence-electron chi connectivity index (χ2n) is 10.8. The molecule has 9 heteroatoms. The number of likely N-dealkylation sites (tertiary alicyclic amines) is 1. The molecular formula is C31H34F6N2O. The van der Waals surface area contributed by atoms with Crippen molar-refractivity contribution < 1.29 is 31.1 Å². The minimum Gasteiger partial charge on any atom is -0.352 e. The first-order valence-electron chi connectivity index (χ1n) is 13.6. The summed E-state index contributed by atoms with van der Waals surface area (Å²) in [6, 6.07) is 11.5. The average molecular weight is 565 g/mol. The molecule has 1 aliphatic carbocycles. The largest absolute Gasteiger partial charge is 0.416 e. The van der Waals surface area contributed by atoms with Crippen molar-refractivity contribution >= 4 is 12.0 Å². The number of carbonyl (C=O) groups is 1. The fourth-order valence-electron chi connectivity index (χ4n) is 5.40. The topological polar surface area (TPSA) is 32.3 Å². The molecular weight excluding hydrogens is 530 g/mol. The Hall–Kier alpha value is -3.07. The predicted octanol–water partition coefficient (Wildman–Crippen LogP) is 7.74. The lowest BCUT2D eigenvalue weighted by Gasteiger charge is -2.36. The van der Waals surface area contributed by atoms with Gasteiger partial charge < -0.3 is 10.2 Å². The number of piperidine rings is 1. The lowest BCUT2D eigenvalue weighted by atomic mass is 9.83. The van der Waals surface area contributed by atoms with Gasteiger partial charge in [-0.2, -0.15) is 26.3 Å². The number of rotatable bonds is 9. The van der Waals surface area contributed by atoms with Gasteiger partial charge in [-0.25, -0.2) is 0 Å².